The van der Waals surface area contributed by atoms with Gasteiger partial charge in [-0.15, -0.1) is 11.3 Å². The minimum atomic E-state index is -0.449. The second kappa shape index (κ2) is 2.30. The maximum absolute atomic E-state index is 10.6. The lowest BCUT2D eigenvalue weighted by Crippen LogP contribution is -2.10. The number of hydrogen-bond donors (Lipinski definition) is 2. The van der Waals surface area contributed by atoms with Crippen LogP contribution in [0.2, 0.25) is 0 Å². The molecule has 4 heteroatoms. The molecule has 10 heavy (non-hydrogen) atoms. The van der Waals surface area contributed by atoms with E-state index in [4.69, 9.17) is 11.5 Å². The van der Waals surface area contributed by atoms with Crippen LogP contribution in [0.4, 0.5) is 5.69 Å². The van der Waals surface area contributed by atoms with Crippen molar-refractivity contribution in [1.82, 2.24) is 0 Å². The van der Waals surface area contributed by atoms with E-state index in [1.807, 2.05) is 6.92 Å². The van der Waals surface area contributed by atoms with Gasteiger partial charge in [-0.05, 0) is 13.0 Å². The third kappa shape index (κ3) is 1.11. The molecule has 1 aromatic heterocycles. The van der Waals surface area contributed by atoms with E-state index in [-0.39, 0.29) is 0 Å². The quantitative estimate of drug-likeness (QED) is 0.629. The van der Waals surface area contributed by atoms with Crippen LogP contribution in [0.15, 0.2) is 6.07 Å². The number of nitrogen functional groups attached to an aromatic ring is 1. The van der Waals surface area contributed by atoms with Gasteiger partial charge in [-0.1, -0.05) is 0 Å². The van der Waals surface area contributed by atoms with E-state index in [2.05, 4.69) is 0 Å². The molecule has 0 unspecified atom stereocenters. The Hall–Kier alpha value is -1.03. The van der Waals surface area contributed by atoms with Crippen molar-refractivity contribution >= 4 is 22.9 Å². The van der Waals surface area contributed by atoms with Crippen molar-refractivity contribution in [2.75, 3.05) is 5.73 Å². The van der Waals surface area contributed by atoms with E-state index in [1.165, 1.54) is 11.3 Å². The number of primary amides is 1. The second-order valence-electron chi connectivity index (χ2n) is 2.01. The van der Waals surface area contributed by atoms with Gasteiger partial charge in [-0.2, -0.15) is 0 Å². The van der Waals surface area contributed by atoms with Crippen LogP contribution in [0.1, 0.15) is 14.5 Å². The number of thiophene rings is 1. The number of amides is 1. The zero-order valence-corrected chi connectivity index (χ0v) is 6.37. The van der Waals surface area contributed by atoms with Crippen molar-refractivity contribution < 1.29 is 4.79 Å². The fourth-order valence-electron chi connectivity index (χ4n) is 0.726. The number of carbonyl (C=O) groups excluding carboxylic acids is 1. The maximum atomic E-state index is 10.6. The minimum absolute atomic E-state index is 0.449. The average Bonchev–Trinajstić information content (AvgIpc) is 2.10. The maximum Gasteiger partial charge on any atom is 0.260 e. The van der Waals surface area contributed by atoms with Gasteiger partial charge >= 0.3 is 0 Å². The molecule has 0 saturated heterocycles. The predicted molar refractivity (Wildman–Crippen MR) is 42.0 cm³/mol. The summed E-state index contributed by atoms with van der Waals surface area (Å²) >= 11 is 1.32. The first-order valence-electron chi connectivity index (χ1n) is 2.77. The molecule has 0 aromatic carbocycles. The number of rotatable bonds is 1. The second-order valence-corrected chi connectivity index (χ2v) is 3.26. The normalized spacial score (nSPS) is 9.70. The molecule has 0 fully saturated rings. The molecular weight excluding hydrogens is 148 g/mol. The van der Waals surface area contributed by atoms with E-state index in [9.17, 15) is 4.79 Å². The molecule has 1 aromatic rings. The van der Waals surface area contributed by atoms with E-state index in [1.54, 1.807) is 6.07 Å². The largest absolute Gasteiger partial charge is 0.397 e. The molecule has 3 nitrogen and oxygen atoms in total. The van der Waals surface area contributed by atoms with Crippen molar-refractivity contribution in [2.24, 2.45) is 5.73 Å². The van der Waals surface area contributed by atoms with Gasteiger partial charge in [0, 0.05) is 4.88 Å². The predicted octanol–water partition coefficient (Wildman–Crippen LogP) is 0.738. The zero-order chi connectivity index (χ0) is 7.72. The van der Waals surface area contributed by atoms with Gasteiger partial charge in [0.25, 0.3) is 5.91 Å². The van der Waals surface area contributed by atoms with E-state index < -0.39 is 5.91 Å². The summed E-state index contributed by atoms with van der Waals surface area (Å²) in [4.78, 5) is 12.0. The number of carbonyl (C=O) groups is 1. The van der Waals surface area contributed by atoms with Gasteiger partial charge < -0.3 is 11.5 Å². The first kappa shape index (κ1) is 7.08. The molecule has 0 spiro atoms. The Bertz CT molecular complexity index is 267. The summed E-state index contributed by atoms with van der Waals surface area (Å²) in [6.45, 7) is 1.88. The molecule has 4 N–H and O–H groups in total. The fourth-order valence-corrected chi connectivity index (χ4v) is 1.51. The Labute approximate surface area is 62.6 Å². The Morgan fingerprint density at radius 3 is 2.50 bits per heavy atom. The molecular formula is C6H8N2OS. The lowest BCUT2D eigenvalue weighted by Gasteiger charge is -1.88. The molecule has 0 aliphatic rings. The molecule has 0 aliphatic carbocycles. The highest BCUT2D eigenvalue weighted by molar-refractivity contribution is 7.14. The number of nitrogens with two attached hydrogens (primary N) is 2. The summed E-state index contributed by atoms with van der Waals surface area (Å²) in [7, 11) is 0. The molecule has 0 bridgehead atoms. The Kier molecular flexibility index (Phi) is 1.63. The number of hydrogen-bond acceptors (Lipinski definition) is 3. The first-order valence-corrected chi connectivity index (χ1v) is 3.58. The van der Waals surface area contributed by atoms with Gasteiger partial charge in [0.05, 0.1) is 5.69 Å². The monoisotopic (exact) mass is 156 g/mol. The topological polar surface area (TPSA) is 69.1 Å². The Balaban J connectivity index is 3.15. The van der Waals surface area contributed by atoms with Crippen LogP contribution < -0.4 is 11.5 Å². The standard InChI is InChI=1S/C6H8N2OS/c1-3-2-4(7)5(10-3)6(8)9/h2H,7H2,1H3,(H2,8,9). The summed E-state index contributed by atoms with van der Waals surface area (Å²) < 4.78 is 0. The minimum Gasteiger partial charge on any atom is -0.397 e. The average molecular weight is 156 g/mol. The van der Waals surface area contributed by atoms with Crippen LogP contribution >= 0.6 is 11.3 Å². The number of aryl methyl sites for hydroxylation is 1. The van der Waals surface area contributed by atoms with Gasteiger partial charge in [-0.25, -0.2) is 0 Å². The van der Waals surface area contributed by atoms with Crippen molar-refractivity contribution in [3.63, 3.8) is 0 Å². The SMILES string of the molecule is Cc1cc(N)c(C(N)=O)s1. The van der Waals surface area contributed by atoms with E-state index in [0.717, 1.165) is 4.88 Å². The molecule has 0 saturated carbocycles. The first-order chi connectivity index (χ1) is 4.61. The van der Waals surface area contributed by atoms with Crippen molar-refractivity contribution in [1.29, 1.82) is 0 Å². The Morgan fingerprint density at radius 1 is 1.70 bits per heavy atom. The van der Waals surface area contributed by atoms with Gasteiger partial charge in [0.15, 0.2) is 0 Å². The van der Waals surface area contributed by atoms with Crippen LogP contribution in [-0.2, 0) is 0 Å². The molecule has 1 heterocycles. The van der Waals surface area contributed by atoms with Crippen molar-refractivity contribution in [2.45, 2.75) is 6.92 Å². The van der Waals surface area contributed by atoms with Crippen LogP contribution in [0.25, 0.3) is 0 Å². The van der Waals surface area contributed by atoms with Crippen molar-refractivity contribution in [3.8, 4) is 0 Å². The van der Waals surface area contributed by atoms with Gasteiger partial charge in [0.1, 0.15) is 4.88 Å². The van der Waals surface area contributed by atoms with Gasteiger partial charge in [0.2, 0.25) is 0 Å². The third-order valence-electron chi connectivity index (χ3n) is 1.11. The molecule has 0 atom stereocenters. The fraction of sp³-hybridized carbons (Fsp3) is 0.167. The molecule has 1 amide bonds. The summed E-state index contributed by atoms with van der Waals surface area (Å²) in [5.74, 6) is -0.449. The van der Waals surface area contributed by atoms with Crippen molar-refractivity contribution in [3.05, 3.63) is 15.8 Å². The van der Waals surface area contributed by atoms with Crippen LogP contribution in [0.3, 0.4) is 0 Å². The van der Waals surface area contributed by atoms with Crippen LogP contribution in [0.5, 0.6) is 0 Å². The highest BCUT2D eigenvalue weighted by Crippen LogP contribution is 2.22. The van der Waals surface area contributed by atoms with E-state index >= 15 is 0 Å². The van der Waals surface area contributed by atoms with Crippen LogP contribution in [0, 0.1) is 6.92 Å². The third-order valence-corrected chi connectivity index (χ3v) is 2.19. The van der Waals surface area contributed by atoms with Crippen LogP contribution in [-0.4, -0.2) is 5.91 Å². The molecule has 1 rings (SSSR count). The smallest absolute Gasteiger partial charge is 0.260 e. The molecule has 0 aliphatic heterocycles. The Morgan fingerprint density at radius 2 is 2.30 bits per heavy atom. The van der Waals surface area contributed by atoms with E-state index in [0.29, 0.717) is 10.6 Å². The summed E-state index contributed by atoms with van der Waals surface area (Å²) in [6, 6.07) is 1.74. The van der Waals surface area contributed by atoms with Gasteiger partial charge in [-0.3, -0.25) is 4.79 Å². The lowest BCUT2D eigenvalue weighted by atomic mass is 10.3. The summed E-state index contributed by atoms with van der Waals surface area (Å²) in [5.41, 5.74) is 11.0. The summed E-state index contributed by atoms with van der Waals surface area (Å²) in [5, 5.41) is 0. The number of anilines is 1. The highest BCUT2D eigenvalue weighted by atomic mass is 32.1. The zero-order valence-electron chi connectivity index (χ0n) is 5.55. The summed E-state index contributed by atoms with van der Waals surface area (Å²) in [6.07, 6.45) is 0. The highest BCUT2D eigenvalue weighted by Gasteiger charge is 2.07. The molecule has 0 radical (unpaired) electrons. The molecule has 54 valence electrons. The lowest BCUT2D eigenvalue weighted by molar-refractivity contribution is 0.100.